The van der Waals surface area contributed by atoms with E-state index in [-0.39, 0.29) is 6.61 Å². The number of ether oxygens (including phenoxy) is 1. The predicted octanol–water partition coefficient (Wildman–Crippen LogP) is 2.48. The number of hydrogen-bond donors (Lipinski definition) is 1. The topological polar surface area (TPSA) is 50.5 Å². The summed E-state index contributed by atoms with van der Waals surface area (Å²) in [5.41, 5.74) is 4.50. The van der Waals surface area contributed by atoms with Crippen LogP contribution in [-0.4, -0.2) is 40.0 Å². The molecule has 1 aromatic heterocycles. The molecule has 1 aliphatic rings. The number of nitrogens with zero attached hydrogens (tertiary/aromatic N) is 3. The number of rotatable bonds is 6. The highest BCUT2D eigenvalue weighted by Crippen LogP contribution is 2.23. The summed E-state index contributed by atoms with van der Waals surface area (Å²) in [6.45, 7) is 5.76. The van der Waals surface area contributed by atoms with E-state index in [1.54, 1.807) is 7.11 Å². The normalized spacial score (nSPS) is 15.0. The van der Waals surface area contributed by atoms with E-state index < -0.39 is 0 Å². The number of fused-ring (bicyclic) bond motifs is 1. The van der Waals surface area contributed by atoms with Crippen LogP contribution in [0, 0.1) is 0 Å². The zero-order chi connectivity index (χ0) is 16.9. The third-order valence-electron chi connectivity index (χ3n) is 4.54. The standard InChI is InChI=1S/C19H25N3O2/c1-3-22-19-10-12-21(13-17(19)18(14-23)20-22)11-4-5-15-6-8-16(24-2)9-7-15/h4-9,23H,3,10-14H2,1-2H3/b5-4+. The van der Waals surface area contributed by atoms with Gasteiger partial charge in [-0.1, -0.05) is 24.3 Å². The van der Waals surface area contributed by atoms with E-state index in [4.69, 9.17) is 4.74 Å². The van der Waals surface area contributed by atoms with Crippen LogP contribution >= 0.6 is 0 Å². The smallest absolute Gasteiger partial charge is 0.118 e. The van der Waals surface area contributed by atoms with Gasteiger partial charge in [0.25, 0.3) is 0 Å². The molecule has 128 valence electrons. The molecule has 1 aromatic carbocycles. The summed E-state index contributed by atoms with van der Waals surface area (Å²) >= 11 is 0. The number of methoxy groups -OCH3 is 1. The van der Waals surface area contributed by atoms with Gasteiger partial charge in [0.15, 0.2) is 0 Å². The molecule has 0 radical (unpaired) electrons. The highest BCUT2D eigenvalue weighted by atomic mass is 16.5. The van der Waals surface area contributed by atoms with Crippen molar-refractivity contribution in [1.29, 1.82) is 0 Å². The average molecular weight is 327 g/mol. The second kappa shape index (κ2) is 7.64. The zero-order valence-electron chi connectivity index (χ0n) is 14.4. The van der Waals surface area contributed by atoms with Crippen LogP contribution in [0.25, 0.3) is 6.08 Å². The van der Waals surface area contributed by atoms with Crippen LogP contribution < -0.4 is 4.74 Å². The monoisotopic (exact) mass is 327 g/mol. The van der Waals surface area contributed by atoms with Crippen LogP contribution in [-0.2, 0) is 26.1 Å². The first-order valence-corrected chi connectivity index (χ1v) is 8.46. The maximum Gasteiger partial charge on any atom is 0.118 e. The van der Waals surface area contributed by atoms with E-state index in [0.29, 0.717) is 0 Å². The predicted molar refractivity (Wildman–Crippen MR) is 94.8 cm³/mol. The van der Waals surface area contributed by atoms with Gasteiger partial charge in [-0.25, -0.2) is 0 Å². The van der Waals surface area contributed by atoms with E-state index in [9.17, 15) is 5.11 Å². The van der Waals surface area contributed by atoms with Crippen LogP contribution in [0.5, 0.6) is 5.75 Å². The van der Waals surface area contributed by atoms with E-state index in [1.165, 1.54) is 16.8 Å². The van der Waals surface area contributed by atoms with Crippen molar-refractivity contribution in [1.82, 2.24) is 14.7 Å². The number of aliphatic hydroxyl groups is 1. The molecule has 5 nitrogen and oxygen atoms in total. The van der Waals surface area contributed by atoms with Gasteiger partial charge in [-0.05, 0) is 24.6 Å². The molecule has 0 bridgehead atoms. The second-order valence-electron chi connectivity index (χ2n) is 6.01. The summed E-state index contributed by atoms with van der Waals surface area (Å²) in [7, 11) is 1.68. The fourth-order valence-electron chi connectivity index (χ4n) is 3.22. The molecule has 0 spiro atoms. The lowest BCUT2D eigenvalue weighted by atomic mass is 10.1. The van der Waals surface area contributed by atoms with Gasteiger partial charge in [0.2, 0.25) is 0 Å². The summed E-state index contributed by atoms with van der Waals surface area (Å²) in [4.78, 5) is 2.39. The summed E-state index contributed by atoms with van der Waals surface area (Å²) in [6.07, 6.45) is 5.32. The largest absolute Gasteiger partial charge is 0.497 e. The van der Waals surface area contributed by atoms with Gasteiger partial charge in [-0.2, -0.15) is 5.10 Å². The fourth-order valence-corrected chi connectivity index (χ4v) is 3.22. The summed E-state index contributed by atoms with van der Waals surface area (Å²) in [5, 5.41) is 14.1. The van der Waals surface area contributed by atoms with E-state index in [1.807, 2.05) is 16.8 Å². The Kier molecular flexibility index (Phi) is 5.33. The first kappa shape index (κ1) is 16.7. The highest BCUT2D eigenvalue weighted by Gasteiger charge is 2.23. The summed E-state index contributed by atoms with van der Waals surface area (Å²) in [6, 6.07) is 8.05. The fraction of sp³-hybridized carbons (Fsp3) is 0.421. The number of aromatic nitrogens is 2. The van der Waals surface area contributed by atoms with Crippen LogP contribution in [0.2, 0.25) is 0 Å². The van der Waals surface area contributed by atoms with Crippen molar-refractivity contribution in [2.75, 3.05) is 20.2 Å². The Bertz CT molecular complexity index is 704. The van der Waals surface area contributed by atoms with E-state index in [0.717, 1.165) is 44.0 Å². The molecule has 0 saturated carbocycles. The maximum atomic E-state index is 9.54. The Morgan fingerprint density at radius 3 is 2.75 bits per heavy atom. The summed E-state index contributed by atoms with van der Waals surface area (Å²) < 4.78 is 7.21. The number of hydrogen-bond acceptors (Lipinski definition) is 4. The highest BCUT2D eigenvalue weighted by molar-refractivity contribution is 5.50. The van der Waals surface area contributed by atoms with Gasteiger partial charge in [-0.15, -0.1) is 0 Å². The molecule has 24 heavy (non-hydrogen) atoms. The molecule has 1 aliphatic heterocycles. The Balaban J connectivity index is 1.63. The van der Waals surface area contributed by atoms with Crippen LogP contribution in [0.15, 0.2) is 30.3 Å². The van der Waals surface area contributed by atoms with Gasteiger partial charge in [0.05, 0.1) is 19.4 Å². The van der Waals surface area contributed by atoms with Crippen LogP contribution in [0.3, 0.4) is 0 Å². The Morgan fingerprint density at radius 1 is 1.29 bits per heavy atom. The zero-order valence-corrected chi connectivity index (χ0v) is 14.4. The molecule has 0 fully saturated rings. The Morgan fingerprint density at radius 2 is 2.08 bits per heavy atom. The summed E-state index contributed by atoms with van der Waals surface area (Å²) in [5.74, 6) is 0.875. The van der Waals surface area contributed by atoms with Crippen LogP contribution in [0.1, 0.15) is 29.4 Å². The lowest BCUT2D eigenvalue weighted by Crippen LogP contribution is -2.31. The SMILES string of the molecule is CCn1nc(CO)c2c1CCN(C/C=C/c1ccc(OC)cc1)C2. The molecule has 0 saturated heterocycles. The minimum atomic E-state index is 0.0187. The van der Waals surface area contributed by atoms with E-state index >= 15 is 0 Å². The molecule has 2 aromatic rings. The first-order valence-electron chi connectivity index (χ1n) is 8.46. The van der Waals surface area contributed by atoms with Gasteiger partial charge in [0.1, 0.15) is 5.75 Å². The molecular formula is C19H25N3O2. The number of aliphatic hydroxyl groups excluding tert-OH is 1. The van der Waals surface area contributed by atoms with Gasteiger partial charge >= 0.3 is 0 Å². The third kappa shape index (κ3) is 3.52. The quantitative estimate of drug-likeness (QED) is 0.885. The van der Waals surface area contributed by atoms with E-state index in [2.05, 4.69) is 41.2 Å². The second-order valence-corrected chi connectivity index (χ2v) is 6.01. The molecule has 3 rings (SSSR count). The molecule has 1 N–H and O–H groups in total. The van der Waals surface area contributed by atoms with Crippen molar-refractivity contribution < 1.29 is 9.84 Å². The van der Waals surface area contributed by atoms with Gasteiger partial charge in [-0.3, -0.25) is 9.58 Å². The van der Waals surface area contributed by atoms with Crippen molar-refractivity contribution in [3.8, 4) is 5.75 Å². The van der Waals surface area contributed by atoms with Crippen molar-refractivity contribution >= 4 is 6.08 Å². The first-order chi connectivity index (χ1) is 11.7. The van der Waals surface area contributed by atoms with Crippen molar-refractivity contribution in [3.63, 3.8) is 0 Å². The molecule has 5 heteroatoms. The maximum absolute atomic E-state index is 9.54. The Labute approximate surface area is 143 Å². The lowest BCUT2D eigenvalue weighted by molar-refractivity contribution is 0.260. The van der Waals surface area contributed by atoms with Crippen molar-refractivity contribution in [2.45, 2.75) is 33.0 Å². The van der Waals surface area contributed by atoms with Gasteiger partial charge in [0, 0.05) is 43.9 Å². The van der Waals surface area contributed by atoms with Crippen LogP contribution in [0.4, 0.5) is 0 Å². The molecule has 0 atom stereocenters. The lowest BCUT2D eigenvalue weighted by Gasteiger charge is -2.26. The third-order valence-corrected chi connectivity index (χ3v) is 4.54. The van der Waals surface area contributed by atoms with Gasteiger partial charge < -0.3 is 9.84 Å². The molecule has 0 aliphatic carbocycles. The average Bonchev–Trinajstić information content (AvgIpc) is 2.99. The minimum Gasteiger partial charge on any atom is -0.497 e. The molecule has 0 unspecified atom stereocenters. The minimum absolute atomic E-state index is 0.0187. The Hall–Kier alpha value is -2.11. The molecule has 2 heterocycles. The number of benzene rings is 1. The number of aryl methyl sites for hydroxylation is 1. The van der Waals surface area contributed by atoms with Crippen molar-refractivity contribution in [2.24, 2.45) is 0 Å². The van der Waals surface area contributed by atoms with Crippen molar-refractivity contribution in [3.05, 3.63) is 52.9 Å². The molecular weight excluding hydrogens is 302 g/mol. The molecule has 0 amide bonds.